The van der Waals surface area contributed by atoms with Gasteiger partial charge in [0.15, 0.2) is 0 Å². The third-order valence-electron chi connectivity index (χ3n) is 3.57. The molecule has 1 aromatic carbocycles. The number of nitrogens with zero attached hydrogens (tertiary/aromatic N) is 1. The van der Waals surface area contributed by atoms with E-state index in [2.05, 4.69) is 0 Å². The van der Waals surface area contributed by atoms with Gasteiger partial charge in [-0.25, -0.2) is 0 Å². The Bertz CT molecular complexity index is 567. The first kappa shape index (κ1) is 16.2. The van der Waals surface area contributed by atoms with Crippen LogP contribution in [0, 0.1) is 10.1 Å². The van der Waals surface area contributed by atoms with Crippen LogP contribution in [0.5, 0.6) is 5.75 Å². The molecule has 0 amide bonds. The lowest BCUT2D eigenvalue weighted by Gasteiger charge is -2.41. The number of nitro groups is 1. The standard InChI is InChI=1S/C15H19NO6/c1-3-21-13-6-11(5-12(7-13)16(18)19)15(9-20-10-15)8-14(17)22-4-2/h5-7H,3-4,8-10H2,1-2H3. The zero-order valence-electron chi connectivity index (χ0n) is 12.7. The molecule has 7 heteroatoms. The van der Waals surface area contributed by atoms with Crippen molar-refractivity contribution in [2.75, 3.05) is 26.4 Å². The second-order valence-electron chi connectivity index (χ2n) is 5.16. The van der Waals surface area contributed by atoms with E-state index in [1.807, 2.05) is 0 Å². The van der Waals surface area contributed by atoms with Crippen molar-refractivity contribution in [2.24, 2.45) is 0 Å². The Labute approximate surface area is 128 Å². The maximum absolute atomic E-state index is 11.8. The summed E-state index contributed by atoms with van der Waals surface area (Å²) < 4.78 is 15.6. The summed E-state index contributed by atoms with van der Waals surface area (Å²) in [7, 11) is 0. The average Bonchev–Trinajstić information content (AvgIpc) is 2.43. The summed E-state index contributed by atoms with van der Waals surface area (Å²) in [4.78, 5) is 22.4. The van der Waals surface area contributed by atoms with E-state index in [9.17, 15) is 14.9 Å². The van der Waals surface area contributed by atoms with E-state index in [4.69, 9.17) is 14.2 Å². The van der Waals surface area contributed by atoms with Gasteiger partial charge in [-0.1, -0.05) is 0 Å². The molecule has 0 saturated carbocycles. The first-order chi connectivity index (χ1) is 10.5. The number of non-ortho nitro benzene ring substituents is 1. The van der Waals surface area contributed by atoms with Gasteiger partial charge in [0.05, 0.1) is 49.3 Å². The molecule has 0 spiro atoms. The lowest BCUT2D eigenvalue weighted by Crippen LogP contribution is -2.48. The SMILES string of the molecule is CCOC(=O)CC1(c2cc(OCC)cc([N+](=O)[O-])c2)COC1. The summed E-state index contributed by atoms with van der Waals surface area (Å²) in [6.07, 6.45) is 0.133. The Hall–Kier alpha value is -2.15. The van der Waals surface area contributed by atoms with Gasteiger partial charge in [0.1, 0.15) is 5.75 Å². The van der Waals surface area contributed by atoms with Gasteiger partial charge in [-0.15, -0.1) is 0 Å². The van der Waals surface area contributed by atoms with Crippen molar-refractivity contribution in [3.8, 4) is 5.75 Å². The van der Waals surface area contributed by atoms with Gasteiger partial charge < -0.3 is 14.2 Å². The van der Waals surface area contributed by atoms with Gasteiger partial charge in [-0.2, -0.15) is 0 Å². The largest absolute Gasteiger partial charge is 0.494 e. The molecule has 22 heavy (non-hydrogen) atoms. The van der Waals surface area contributed by atoms with Crippen molar-refractivity contribution in [3.05, 3.63) is 33.9 Å². The lowest BCUT2D eigenvalue weighted by molar-refractivity contribution is -0.385. The predicted octanol–water partition coefficient (Wildman–Crippen LogP) is 2.21. The highest BCUT2D eigenvalue weighted by molar-refractivity contribution is 5.72. The van der Waals surface area contributed by atoms with E-state index >= 15 is 0 Å². The van der Waals surface area contributed by atoms with Gasteiger partial charge in [0.2, 0.25) is 0 Å². The molecule has 1 fully saturated rings. The van der Waals surface area contributed by atoms with Crippen LogP contribution in [-0.2, 0) is 19.7 Å². The summed E-state index contributed by atoms with van der Waals surface area (Å²) in [5.41, 5.74) is 0.0324. The fraction of sp³-hybridized carbons (Fsp3) is 0.533. The van der Waals surface area contributed by atoms with E-state index < -0.39 is 10.3 Å². The number of hydrogen-bond acceptors (Lipinski definition) is 6. The van der Waals surface area contributed by atoms with Crippen molar-refractivity contribution in [1.82, 2.24) is 0 Å². The number of rotatable bonds is 7. The summed E-state index contributed by atoms with van der Waals surface area (Å²) in [6, 6.07) is 4.59. The molecule has 1 aliphatic heterocycles. The molecule has 1 heterocycles. The Kier molecular flexibility index (Phi) is 4.97. The van der Waals surface area contributed by atoms with Crippen LogP contribution in [0.15, 0.2) is 18.2 Å². The van der Waals surface area contributed by atoms with Crippen LogP contribution in [0.1, 0.15) is 25.8 Å². The minimum absolute atomic E-state index is 0.0592. The fourth-order valence-corrected chi connectivity index (χ4v) is 2.45. The topological polar surface area (TPSA) is 87.9 Å². The van der Waals surface area contributed by atoms with Gasteiger partial charge in [0.25, 0.3) is 5.69 Å². The molecular formula is C15H19NO6. The normalized spacial score (nSPS) is 15.7. The maximum atomic E-state index is 11.8. The van der Waals surface area contributed by atoms with E-state index in [1.165, 1.54) is 12.1 Å². The van der Waals surface area contributed by atoms with Crippen molar-refractivity contribution < 1.29 is 23.9 Å². The maximum Gasteiger partial charge on any atom is 0.306 e. The van der Waals surface area contributed by atoms with Gasteiger partial charge in [-0.05, 0) is 25.5 Å². The molecule has 2 rings (SSSR count). The summed E-state index contributed by atoms with van der Waals surface area (Å²) in [5, 5.41) is 11.1. The monoisotopic (exact) mass is 309 g/mol. The fourth-order valence-electron chi connectivity index (χ4n) is 2.45. The average molecular weight is 309 g/mol. The van der Waals surface area contributed by atoms with E-state index in [0.29, 0.717) is 37.7 Å². The number of carbonyl (C=O) groups is 1. The van der Waals surface area contributed by atoms with Gasteiger partial charge >= 0.3 is 5.97 Å². The first-order valence-electron chi connectivity index (χ1n) is 7.17. The third kappa shape index (κ3) is 3.36. The smallest absolute Gasteiger partial charge is 0.306 e. The molecule has 0 aromatic heterocycles. The Morgan fingerprint density at radius 2 is 2.05 bits per heavy atom. The van der Waals surface area contributed by atoms with Crippen molar-refractivity contribution in [2.45, 2.75) is 25.7 Å². The molecule has 0 bridgehead atoms. The molecule has 0 unspecified atom stereocenters. The number of benzene rings is 1. The van der Waals surface area contributed by atoms with Crippen LogP contribution < -0.4 is 4.74 Å². The Balaban J connectivity index is 2.35. The highest BCUT2D eigenvalue weighted by atomic mass is 16.6. The molecule has 7 nitrogen and oxygen atoms in total. The minimum Gasteiger partial charge on any atom is -0.494 e. The number of ether oxygens (including phenoxy) is 3. The van der Waals surface area contributed by atoms with E-state index in [-0.39, 0.29) is 18.1 Å². The van der Waals surface area contributed by atoms with E-state index in [1.54, 1.807) is 19.9 Å². The van der Waals surface area contributed by atoms with Crippen LogP contribution in [0.4, 0.5) is 5.69 Å². The zero-order chi connectivity index (χ0) is 16.2. The summed E-state index contributed by atoms with van der Waals surface area (Å²) >= 11 is 0. The number of nitro benzene ring substituents is 1. The molecule has 1 aliphatic rings. The van der Waals surface area contributed by atoms with E-state index in [0.717, 1.165) is 0 Å². The molecule has 1 aromatic rings. The minimum atomic E-state index is -0.579. The van der Waals surface area contributed by atoms with Crippen molar-refractivity contribution >= 4 is 11.7 Å². The Morgan fingerprint density at radius 3 is 2.55 bits per heavy atom. The molecule has 0 atom stereocenters. The quantitative estimate of drug-likeness (QED) is 0.436. The molecule has 0 radical (unpaired) electrons. The predicted molar refractivity (Wildman–Crippen MR) is 78.0 cm³/mol. The highest BCUT2D eigenvalue weighted by Gasteiger charge is 2.43. The van der Waals surface area contributed by atoms with Crippen molar-refractivity contribution in [3.63, 3.8) is 0 Å². The molecule has 1 saturated heterocycles. The second-order valence-corrected chi connectivity index (χ2v) is 5.16. The summed E-state index contributed by atoms with van der Waals surface area (Å²) in [5.74, 6) is 0.0806. The lowest BCUT2D eigenvalue weighted by atomic mass is 9.75. The molecule has 120 valence electrons. The first-order valence-corrected chi connectivity index (χ1v) is 7.17. The Morgan fingerprint density at radius 1 is 1.32 bits per heavy atom. The van der Waals surface area contributed by atoms with Gasteiger partial charge in [-0.3, -0.25) is 14.9 Å². The molecular weight excluding hydrogens is 290 g/mol. The van der Waals surface area contributed by atoms with Gasteiger partial charge in [0, 0.05) is 6.07 Å². The second kappa shape index (κ2) is 6.74. The van der Waals surface area contributed by atoms with Crippen molar-refractivity contribution in [1.29, 1.82) is 0 Å². The van der Waals surface area contributed by atoms with Crippen LogP contribution in [-0.4, -0.2) is 37.3 Å². The molecule has 0 N–H and O–H groups in total. The van der Waals surface area contributed by atoms with Crippen LogP contribution in [0.3, 0.4) is 0 Å². The number of carbonyl (C=O) groups excluding carboxylic acids is 1. The van der Waals surface area contributed by atoms with Crippen LogP contribution >= 0.6 is 0 Å². The number of hydrogen-bond donors (Lipinski definition) is 0. The van der Waals surface area contributed by atoms with Crippen LogP contribution in [0.25, 0.3) is 0 Å². The third-order valence-corrected chi connectivity index (χ3v) is 3.57. The highest BCUT2D eigenvalue weighted by Crippen LogP contribution is 2.39. The van der Waals surface area contributed by atoms with Crippen LogP contribution in [0.2, 0.25) is 0 Å². The molecule has 0 aliphatic carbocycles. The number of esters is 1. The summed E-state index contributed by atoms with van der Waals surface area (Å²) in [6.45, 7) is 4.91. The zero-order valence-corrected chi connectivity index (χ0v) is 12.7.